The molecule has 2 N–H and O–H groups in total. The van der Waals surface area contributed by atoms with Crippen LogP contribution in [0, 0.1) is 11.7 Å². The quantitative estimate of drug-likeness (QED) is 0.830. The van der Waals surface area contributed by atoms with E-state index in [2.05, 4.69) is 0 Å². The van der Waals surface area contributed by atoms with E-state index in [4.69, 9.17) is 10.5 Å². The van der Waals surface area contributed by atoms with Gasteiger partial charge in [0.05, 0.1) is 7.11 Å². The Balaban J connectivity index is 2.20. The standard InChI is InChI=1S/C12H16FNO/c1-15-11-7-9(5-6-10(11)13)12(14)8-3-2-4-8/h5-8,12H,2-4,14H2,1H3. The lowest BCUT2D eigenvalue weighted by atomic mass is 9.77. The van der Waals surface area contributed by atoms with E-state index >= 15 is 0 Å². The molecule has 1 fully saturated rings. The van der Waals surface area contributed by atoms with Gasteiger partial charge in [0.1, 0.15) is 0 Å². The van der Waals surface area contributed by atoms with Gasteiger partial charge in [-0.15, -0.1) is 0 Å². The second kappa shape index (κ2) is 4.19. The van der Waals surface area contributed by atoms with Gasteiger partial charge in [0.15, 0.2) is 11.6 Å². The van der Waals surface area contributed by atoms with Crippen molar-refractivity contribution in [1.82, 2.24) is 0 Å². The van der Waals surface area contributed by atoms with E-state index in [-0.39, 0.29) is 17.6 Å². The van der Waals surface area contributed by atoms with Crippen LogP contribution >= 0.6 is 0 Å². The van der Waals surface area contributed by atoms with E-state index in [1.807, 2.05) is 0 Å². The van der Waals surface area contributed by atoms with Gasteiger partial charge < -0.3 is 10.5 Å². The number of ether oxygens (including phenoxy) is 1. The number of halogens is 1. The fraction of sp³-hybridized carbons (Fsp3) is 0.500. The van der Waals surface area contributed by atoms with Crippen molar-refractivity contribution in [3.05, 3.63) is 29.6 Å². The van der Waals surface area contributed by atoms with Crippen LogP contribution in [0.4, 0.5) is 4.39 Å². The van der Waals surface area contributed by atoms with Gasteiger partial charge in [-0.3, -0.25) is 0 Å². The molecule has 0 aromatic heterocycles. The molecule has 2 nitrogen and oxygen atoms in total. The zero-order chi connectivity index (χ0) is 10.8. The summed E-state index contributed by atoms with van der Waals surface area (Å²) >= 11 is 0. The minimum atomic E-state index is -0.331. The largest absolute Gasteiger partial charge is 0.494 e. The van der Waals surface area contributed by atoms with E-state index in [0.717, 1.165) is 5.56 Å². The Morgan fingerprint density at radius 3 is 2.73 bits per heavy atom. The van der Waals surface area contributed by atoms with E-state index in [0.29, 0.717) is 5.92 Å². The summed E-state index contributed by atoms with van der Waals surface area (Å²) in [5.41, 5.74) is 7.07. The third kappa shape index (κ3) is 1.97. The van der Waals surface area contributed by atoms with Crippen LogP contribution in [0.1, 0.15) is 30.9 Å². The van der Waals surface area contributed by atoms with Crippen molar-refractivity contribution in [2.24, 2.45) is 11.7 Å². The molecule has 0 bridgehead atoms. The number of rotatable bonds is 3. The lowest BCUT2D eigenvalue weighted by Gasteiger charge is -2.31. The molecule has 1 atom stereocenters. The average Bonchev–Trinajstić information content (AvgIpc) is 2.15. The summed E-state index contributed by atoms with van der Waals surface area (Å²) in [5.74, 6) is 0.504. The maximum atomic E-state index is 13.2. The third-order valence-corrected chi connectivity index (χ3v) is 3.22. The van der Waals surface area contributed by atoms with Gasteiger partial charge >= 0.3 is 0 Å². The number of methoxy groups -OCH3 is 1. The summed E-state index contributed by atoms with van der Waals surface area (Å²) in [7, 11) is 1.47. The zero-order valence-electron chi connectivity index (χ0n) is 8.87. The minimum absolute atomic E-state index is 0.0215. The second-order valence-corrected chi connectivity index (χ2v) is 4.11. The Morgan fingerprint density at radius 2 is 2.20 bits per heavy atom. The molecule has 1 aromatic rings. The molecule has 3 heteroatoms. The van der Waals surface area contributed by atoms with Gasteiger partial charge in [0.25, 0.3) is 0 Å². The molecule has 0 amide bonds. The summed E-state index contributed by atoms with van der Waals surface area (Å²) in [6.07, 6.45) is 3.62. The highest BCUT2D eigenvalue weighted by Crippen LogP contribution is 2.37. The highest BCUT2D eigenvalue weighted by Gasteiger charge is 2.25. The molecule has 1 aromatic carbocycles. The van der Waals surface area contributed by atoms with Crippen molar-refractivity contribution in [2.45, 2.75) is 25.3 Å². The van der Waals surface area contributed by atoms with Crippen molar-refractivity contribution in [1.29, 1.82) is 0 Å². The Kier molecular flexibility index (Phi) is 2.91. The van der Waals surface area contributed by atoms with Gasteiger partial charge in [-0.2, -0.15) is 0 Å². The molecule has 2 rings (SSSR count). The first-order chi connectivity index (χ1) is 7.22. The minimum Gasteiger partial charge on any atom is -0.494 e. The lowest BCUT2D eigenvalue weighted by molar-refractivity contribution is 0.263. The molecule has 1 aliphatic carbocycles. The predicted octanol–water partition coefficient (Wildman–Crippen LogP) is 2.63. The molecular formula is C12H16FNO. The van der Waals surface area contributed by atoms with Gasteiger partial charge in [0.2, 0.25) is 0 Å². The molecule has 1 unspecified atom stereocenters. The van der Waals surface area contributed by atoms with Crippen LogP contribution in [0.3, 0.4) is 0 Å². The molecule has 0 aliphatic heterocycles. The monoisotopic (exact) mass is 209 g/mol. The van der Waals surface area contributed by atoms with Crippen molar-refractivity contribution in [3.8, 4) is 5.75 Å². The van der Waals surface area contributed by atoms with Crippen molar-refractivity contribution >= 4 is 0 Å². The molecule has 15 heavy (non-hydrogen) atoms. The summed E-state index contributed by atoms with van der Waals surface area (Å²) in [5, 5.41) is 0. The SMILES string of the molecule is COc1cc(C(N)C2CCC2)ccc1F. The van der Waals surface area contributed by atoms with E-state index in [9.17, 15) is 4.39 Å². The fourth-order valence-electron chi connectivity index (χ4n) is 1.95. The van der Waals surface area contributed by atoms with Gasteiger partial charge in [0, 0.05) is 6.04 Å². The van der Waals surface area contributed by atoms with Gasteiger partial charge in [-0.05, 0) is 36.5 Å². The van der Waals surface area contributed by atoms with E-state index in [1.54, 1.807) is 12.1 Å². The Hall–Kier alpha value is -1.09. The summed E-state index contributed by atoms with van der Waals surface area (Å²) < 4.78 is 18.1. The Bertz CT molecular complexity index is 349. The van der Waals surface area contributed by atoms with Crippen LogP contribution in [-0.2, 0) is 0 Å². The maximum absolute atomic E-state index is 13.2. The molecule has 0 heterocycles. The molecule has 0 radical (unpaired) electrons. The molecule has 1 aliphatic rings. The van der Waals surface area contributed by atoms with E-state index < -0.39 is 0 Å². The number of hydrogen-bond acceptors (Lipinski definition) is 2. The number of benzene rings is 1. The first-order valence-corrected chi connectivity index (χ1v) is 5.31. The number of nitrogens with two attached hydrogens (primary N) is 1. The van der Waals surface area contributed by atoms with Crippen LogP contribution in [0.25, 0.3) is 0 Å². The summed E-state index contributed by atoms with van der Waals surface area (Å²) in [6, 6.07) is 4.90. The maximum Gasteiger partial charge on any atom is 0.165 e. The third-order valence-electron chi connectivity index (χ3n) is 3.22. The molecule has 0 spiro atoms. The van der Waals surface area contributed by atoms with E-state index in [1.165, 1.54) is 32.4 Å². The van der Waals surface area contributed by atoms with Crippen molar-refractivity contribution in [2.75, 3.05) is 7.11 Å². The Labute approximate surface area is 89.2 Å². The normalized spacial score (nSPS) is 18.3. The van der Waals surface area contributed by atoms with Gasteiger partial charge in [-0.25, -0.2) is 4.39 Å². The molecular weight excluding hydrogens is 193 g/mol. The van der Waals surface area contributed by atoms with Crippen LogP contribution < -0.4 is 10.5 Å². The first-order valence-electron chi connectivity index (χ1n) is 5.31. The second-order valence-electron chi connectivity index (χ2n) is 4.11. The van der Waals surface area contributed by atoms with Crippen LogP contribution in [0.15, 0.2) is 18.2 Å². The summed E-state index contributed by atoms with van der Waals surface area (Å²) in [6.45, 7) is 0. The fourth-order valence-corrected chi connectivity index (χ4v) is 1.95. The first kappa shape index (κ1) is 10.4. The molecule has 82 valence electrons. The van der Waals surface area contributed by atoms with Crippen molar-refractivity contribution < 1.29 is 9.13 Å². The van der Waals surface area contributed by atoms with Crippen molar-refractivity contribution in [3.63, 3.8) is 0 Å². The zero-order valence-corrected chi connectivity index (χ0v) is 8.87. The highest BCUT2D eigenvalue weighted by atomic mass is 19.1. The smallest absolute Gasteiger partial charge is 0.165 e. The Morgan fingerprint density at radius 1 is 1.47 bits per heavy atom. The van der Waals surface area contributed by atoms with Crippen LogP contribution in [0.5, 0.6) is 5.75 Å². The van der Waals surface area contributed by atoms with Crippen LogP contribution in [-0.4, -0.2) is 7.11 Å². The van der Waals surface area contributed by atoms with Crippen LogP contribution in [0.2, 0.25) is 0 Å². The highest BCUT2D eigenvalue weighted by molar-refractivity contribution is 5.32. The average molecular weight is 209 g/mol. The van der Waals surface area contributed by atoms with Gasteiger partial charge in [-0.1, -0.05) is 12.5 Å². The summed E-state index contributed by atoms with van der Waals surface area (Å²) in [4.78, 5) is 0. The molecule has 0 saturated heterocycles. The topological polar surface area (TPSA) is 35.2 Å². The predicted molar refractivity (Wildman–Crippen MR) is 57.2 cm³/mol. The number of hydrogen-bond donors (Lipinski definition) is 1. The molecule has 1 saturated carbocycles. The lowest BCUT2D eigenvalue weighted by Crippen LogP contribution is -2.26.